The van der Waals surface area contributed by atoms with Gasteiger partial charge in [0.05, 0.1) is 16.6 Å². The maximum Gasteiger partial charge on any atom is 0.193 e. The van der Waals surface area contributed by atoms with E-state index in [0.29, 0.717) is 28.1 Å². The first-order chi connectivity index (χ1) is 13.5. The molecule has 142 valence electrons. The number of hydrogen-bond donors (Lipinski definition) is 2. The Bertz CT molecular complexity index is 1170. The van der Waals surface area contributed by atoms with Gasteiger partial charge in [0.2, 0.25) is 0 Å². The Kier molecular flexibility index (Phi) is 4.98. The number of aliphatic hydroxyl groups is 1. The standard InChI is InChI=1S/C22H20N2O3S/c1-13(2)14-6-3-4-7-15(14)20-10-19(25)16-8-5-9-17(21(16)27-20)24-22(26)18-11-28-12-23-18/h3-13,22,24,26H,1-2H3. The molecule has 4 aromatic rings. The van der Waals surface area contributed by atoms with Gasteiger partial charge >= 0.3 is 0 Å². The summed E-state index contributed by atoms with van der Waals surface area (Å²) >= 11 is 1.40. The fraction of sp³-hybridized carbons (Fsp3) is 0.182. The van der Waals surface area contributed by atoms with Crippen LogP contribution in [-0.2, 0) is 0 Å². The van der Waals surface area contributed by atoms with Crippen LogP contribution in [0.2, 0.25) is 0 Å². The molecule has 0 radical (unpaired) electrons. The Morgan fingerprint density at radius 1 is 1.14 bits per heavy atom. The van der Waals surface area contributed by atoms with Crippen molar-refractivity contribution in [1.82, 2.24) is 4.98 Å². The van der Waals surface area contributed by atoms with Crippen LogP contribution < -0.4 is 10.7 Å². The number of para-hydroxylation sites is 1. The van der Waals surface area contributed by atoms with Crippen LogP contribution in [0.5, 0.6) is 0 Å². The number of rotatable bonds is 5. The molecule has 6 heteroatoms. The van der Waals surface area contributed by atoms with Gasteiger partial charge in [-0.2, -0.15) is 0 Å². The Hall–Kier alpha value is -2.96. The van der Waals surface area contributed by atoms with E-state index >= 15 is 0 Å². The highest BCUT2D eigenvalue weighted by molar-refractivity contribution is 7.07. The van der Waals surface area contributed by atoms with Crippen LogP contribution in [0.15, 0.2) is 68.6 Å². The molecule has 2 heterocycles. The molecule has 0 aliphatic carbocycles. The maximum absolute atomic E-state index is 12.8. The van der Waals surface area contributed by atoms with Crippen molar-refractivity contribution in [2.75, 3.05) is 5.32 Å². The van der Waals surface area contributed by atoms with Gasteiger partial charge in [0.25, 0.3) is 0 Å². The molecule has 1 atom stereocenters. The molecule has 2 aromatic heterocycles. The van der Waals surface area contributed by atoms with Crippen molar-refractivity contribution in [3.63, 3.8) is 0 Å². The fourth-order valence-corrected chi connectivity index (χ4v) is 3.80. The van der Waals surface area contributed by atoms with E-state index in [4.69, 9.17) is 4.42 Å². The van der Waals surface area contributed by atoms with Crippen LogP contribution in [0, 0.1) is 0 Å². The van der Waals surface area contributed by atoms with E-state index in [1.807, 2.05) is 24.3 Å². The van der Waals surface area contributed by atoms with Gasteiger partial charge in [0.15, 0.2) is 17.2 Å². The van der Waals surface area contributed by atoms with Gasteiger partial charge in [-0.05, 0) is 23.6 Å². The molecule has 4 rings (SSSR count). The van der Waals surface area contributed by atoms with Crippen LogP contribution in [0.1, 0.15) is 37.3 Å². The first kappa shape index (κ1) is 18.4. The summed E-state index contributed by atoms with van der Waals surface area (Å²) in [4.78, 5) is 16.9. The lowest BCUT2D eigenvalue weighted by atomic mass is 9.95. The monoisotopic (exact) mass is 392 g/mol. The molecule has 5 nitrogen and oxygen atoms in total. The summed E-state index contributed by atoms with van der Waals surface area (Å²) in [6, 6.07) is 14.7. The molecular formula is C22H20N2O3S. The normalized spacial score (nSPS) is 12.4. The predicted molar refractivity (Wildman–Crippen MR) is 113 cm³/mol. The number of anilines is 1. The highest BCUT2D eigenvalue weighted by Crippen LogP contribution is 2.32. The van der Waals surface area contributed by atoms with Crippen LogP contribution in [-0.4, -0.2) is 10.1 Å². The smallest absolute Gasteiger partial charge is 0.193 e. The molecule has 0 saturated heterocycles. The van der Waals surface area contributed by atoms with E-state index in [9.17, 15) is 9.90 Å². The third-order valence-corrected chi connectivity index (χ3v) is 5.23. The molecule has 28 heavy (non-hydrogen) atoms. The third-order valence-electron chi connectivity index (χ3n) is 4.63. The zero-order valence-corrected chi connectivity index (χ0v) is 16.4. The Balaban J connectivity index is 1.85. The number of nitrogens with zero attached hydrogens (tertiary/aromatic N) is 1. The molecule has 0 spiro atoms. The molecule has 0 saturated carbocycles. The summed E-state index contributed by atoms with van der Waals surface area (Å²) in [6.45, 7) is 4.21. The van der Waals surface area contributed by atoms with Gasteiger partial charge in [-0.25, -0.2) is 4.98 Å². The van der Waals surface area contributed by atoms with Crippen LogP contribution >= 0.6 is 11.3 Å². The van der Waals surface area contributed by atoms with Crippen molar-refractivity contribution in [2.45, 2.75) is 26.0 Å². The summed E-state index contributed by atoms with van der Waals surface area (Å²) in [5, 5.41) is 15.6. The quantitative estimate of drug-likeness (QED) is 0.460. The van der Waals surface area contributed by atoms with Gasteiger partial charge in [-0.15, -0.1) is 11.3 Å². The predicted octanol–water partition coefficient (Wildman–Crippen LogP) is 5.14. The second-order valence-electron chi connectivity index (χ2n) is 6.86. The van der Waals surface area contributed by atoms with Gasteiger partial charge in [0, 0.05) is 17.0 Å². The Morgan fingerprint density at radius 3 is 2.71 bits per heavy atom. The highest BCUT2D eigenvalue weighted by Gasteiger charge is 2.16. The number of benzene rings is 2. The molecule has 2 N–H and O–H groups in total. The van der Waals surface area contributed by atoms with E-state index in [1.54, 1.807) is 29.1 Å². The molecule has 1 unspecified atom stereocenters. The van der Waals surface area contributed by atoms with Crippen LogP contribution in [0.25, 0.3) is 22.3 Å². The Labute approximate surface area is 166 Å². The summed E-state index contributed by atoms with van der Waals surface area (Å²) in [6.07, 6.45) is -0.992. The number of aromatic nitrogens is 1. The lowest BCUT2D eigenvalue weighted by molar-refractivity contribution is 0.204. The summed E-state index contributed by atoms with van der Waals surface area (Å²) < 4.78 is 6.18. The number of nitrogens with one attached hydrogen (secondary N) is 1. The van der Waals surface area contributed by atoms with Gasteiger partial charge in [-0.3, -0.25) is 4.79 Å². The number of aliphatic hydroxyl groups excluding tert-OH is 1. The minimum atomic E-state index is -0.992. The van der Waals surface area contributed by atoms with Crippen molar-refractivity contribution >= 4 is 28.0 Å². The topological polar surface area (TPSA) is 75.4 Å². The second kappa shape index (κ2) is 7.58. The summed E-state index contributed by atoms with van der Waals surface area (Å²) in [5.41, 5.74) is 5.01. The zero-order chi connectivity index (χ0) is 19.7. The molecule has 0 aliphatic rings. The van der Waals surface area contributed by atoms with E-state index in [-0.39, 0.29) is 11.3 Å². The molecule has 0 amide bonds. The van der Waals surface area contributed by atoms with E-state index < -0.39 is 6.23 Å². The first-order valence-electron chi connectivity index (χ1n) is 9.03. The maximum atomic E-state index is 12.8. The summed E-state index contributed by atoms with van der Waals surface area (Å²) in [5.74, 6) is 0.802. The van der Waals surface area contributed by atoms with Crippen molar-refractivity contribution in [3.05, 3.63) is 80.9 Å². The first-order valence-corrected chi connectivity index (χ1v) is 9.97. The van der Waals surface area contributed by atoms with Crippen LogP contribution in [0.4, 0.5) is 5.69 Å². The third kappa shape index (κ3) is 3.44. The highest BCUT2D eigenvalue weighted by atomic mass is 32.1. The van der Waals surface area contributed by atoms with E-state index in [1.165, 1.54) is 17.4 Å². The van der Waals surface area contributed by atoms with E-state index in [2.05, 4.69) is 24.1 Å². The summed E-state index contributed by atoms with van der Waals surface area (Å²) in [7, 11) is 0. The van der Waals surface area contributed by atoms with Crippen molar-refractivity contribution in [2.24, 2.45) is 0 Å². The van der Waals surface area contributed by atoms with Crippen LogP contribution in [0.3, 0.4) is 0 Å². The Morgan fingerprint density at radius 2 is 1.96 bits per heavy atom. The van der Waals surface area contributed by atoms with Crippen molar-refractivity contribution < 1.29 is 9.52 Å². The minimum Gasteiger partial charge on any atom is -0.454 e. The lowest BCUT2D eigenvalue weighted by Crippen LogP contribution is -2.11. The second-order valence-corrected chi connectivity index (χ2v) is 7.58. The average molecular weight is 392 g/mol. The SMILES string of the molecule is CC(C)c1ccccc1-c1cc(=O)c2cccc(NC(O)c3cscn3)c2o1. The van der Waals surface area contributed by atoms with Crippen molar-refractivity contribution in [3.8, 4) is 11.3 Å². The number of hydrogen-bond acceptors (Lipinski definition) is 6. The van der Waals surface area contributed by atoms with E-state index in [0.717, 1.165) is 11.1 Å². The largest absolute Gasteiger partial charge is 0.454 e. The van der Waals surface area contributed by atoms with Gasteiger partial charge < -0.3 is 14.8 Å². The zero-order valence-electron chi connectivity index (χ0n) is 15.5. The van der Waals surface area contributed by atoms with Gasteiger partial charge in [0.1, 0.15) is 11.5 Å². The molecule has 0 aliphatic heterocycles. The average Bonchev–Trinajstić information content (AvgIpc) is 3.23. The molecule has 0 bridgehead atoms. The number of thiazole rings is 1. The molecule has 0 fully saturated rings. The van der Waals surface area contributed by atoms with Gasteiger partial charge in [-0.1, -0.05) is 44.2 Å². The molecule has 2 aromatic carbocycles. The minimum absolute atomic E-state index is 0.124. The lowest BCUT2D eigenvalue weighted by Gasteiger charge is -2.15. The number of fused-ring (bicyclic) bond motifs is 1. The van der Waals surface area contributed by atoms with Crippen molar-refractivity contribution in [1.29, 1.82) is 0 Å². The molecular weight excluding hydrogens is 372 g/mol. The fourth-order valence-electron chi connectivity index (χ4n) is 3.23.